The summed E-state index contributed by atoms with van der Waals surface area (Å²) < 4.78 is 16.9. The summed E-state index contributed by atoms with van der Waals surface area (Å²) in [5.41, 5.74) is 1.19. The summed E-state index contributed by atoms with van der Waals surface area (Å²) in [4.78, 5) is 39.1. The molecule has 0 radical (unpaired) electrons. The molecule has 3 aromatic rings. The van der Waals surface area contributed by atoms with Gasteiger partial charge in [0.1, 0.15) is 37.0 Å². The van der Waals surface area contributed by atoms with Crippen LogP contribution in [0.3, 0.4) is 0 Å². The van der Waals surface area contributed by atoms with Crippen LogP contribution in [-0.4, -0.2) is 48.3 Å². The highest BCUT2D eigenvalue weighted by molar-refractivity contribution is 8.18. The molecule has 1 aliphatic rings. The number of amides is 3. The number of imide groups is 1. The van der Waals surface area contributed by atoms with E-state index < -0.39 is 17.1 Å². The summed E-state index contributed by atoms with van der Waals surface area (Å²) in [6.07, 6.45) is 1.60. The first kappa shape index (κ1) is 25.8. The smallest absolute Gasteiger partial charge is 0.294 e. The van der Waals surface area contributed by atoms with Crippen molar-refractivity contribution in [2.75, 3.05) is 31.7 Å². The highest BCUT2D eigenvalue weighted by atomic mass is 32.2. The summed E-state index contributed by atoms with van der Waals surface area (Å²) in [6, 6.07) is 23.5. The quantitative estimate of drug-likeness (QED) is 0.275. The molecular weight excluding hydrogens is 492 g/mol. The first-order valence-corrected chi connectivity index (χ1v) is 12.5. The minimum absolute atomic E-state index is 0.218. The molecule has 0 bridgehead atoms. The van der Waals surface area contributed by atoms with Crippen molar-refractivity contribution < 1.29 is 28.6 Å². The maximum Gasteiger partial charge on any atom is 0.294 e. The molecule has 1 aliphatic heterocycles. The Hall–Kier alpha value is -4.24. The van der Waals surface area contributed by atoms with Gasteiger partial charge in [0.25, 0.3) is 11.1 Å². The molecule has 0 saturated carbocycles. The molecule has 0 aromatic heterocycles. The third kappa shape index (κ3) is 7.14. The monoisotopic (exact) mass is 518 g/mol. The molecule has 0 atom stereocenters. The van der Waals surface area contributed by atoms with Crippen LogP contribution in [0.15, 0.2) is 83.8 Å². The van der Waals surface area contributed by atoms with E-state index in [2.05, 4.69) is 5.32 Å². The summed E-state index contributed by atoms with van der Waals surface area (Å²) in [7, 11) is 0. The number of anilines is 1. The van der Waals surface area contributed by atoms with Crippen molar-refractivity contribution in [1.82, 2.24) is 4.90 Å². The number of benzene rings is 3. The lowest BCUT2D eigenvalue weighted by molar-refractivity contribution is -0.127. The Labute approximate surface area is 219 Å². The van der Waals surface area contributed by atoms with Crippen molar-refractivity contribution in [3.63, 3.8) is 0 Å². The minimum atomic E-state index is -0.529. The molecule has 1 N–H and O–H groups in total. The molecule has 4 rings (SSSR count). The number of nitrogens with one attached hydrogen (secondary N) is 1. The van der Waals surface area contributed by atoms with Gasteiger partial charge in [0.15, 0.2) is 0 Å². The van der Waals surface area contributed by atoms with E-state index in [1.807, 2.05) is 49.4 Å². The number of hydrogen-bond acceptors (Lipinski definition) is 7. The highest BCUT2D eigenvalue weighted by Gasteiger charge is 2.36. The fraction of sp³-hybridized carbons (Fsp3) is 0.179. The van der Waals surface area contributed by atoms with Gasteiger partial charge in [-0.1, -0.05) is 36.4 Å². The van der Waals surface area contributed by atoms with Gasteiger partial charge in [-0.15, -0.1) is 0 Å². The van der Waals surface area contributed by atoms with Crippen LogP contribution in [0.1, 0.15) is 12.5 Å². The van der Waals surface area contributed by atoms with Gasteiger partial charge < -0.3 is 19.5 Å². The van der Waals surface area contributed by atoms with Gasteiger partial charge in [0.05, 0.1) is 11.5 Å². The van der Waals surface area contributed by atoms with E-state index >= 15 is 0 Å². The third-order valence-corrected chi connectivity index (χ3v) is 6.09. The molecule has 37 heavy (non-hydrogen) atoms. The van der Waals surface area contributed by atoms with Gasteiger partial charge in [-0.05, 0) is 67.2 Å². The second-order valence-corrected chi connectivity index (χ2v) is 8.81. The van der Waals surface area contributed by atoms with Crippen LogP contribution < -0.4 is 19.5 Å². The first-order chi connectivity index (χ1) is 18.0. The fourth-order valence-corrected chi connectivity index (χ4v) is 4.31. The normalized spacial score (nSPS) is 14.1. The van der Waals surface area contributed by atoms with Crippen LogP contribution in [-0.2, 0) is 9.59 Å². The molecule has 3 aromatic carbocycles. The Morgan fingerprint density at radius 2 is 1.54 bits per heavy atom. The Balaban J connectivity index is 1.35. The molecule has 1 heterocycles. The predicted molar refractivity (Wildman–Crippen MR) is 143 cm³/mol. The van der Waals surface area contributed by atoms with Gasteiger partial charge in [-0.2, -0.15) is 0 Å². The number of nitrogens with zero attached hydrogens (tertiary/aromatic N) is 1. The zero-order valence-corrected chi connectivity index (χ0v) is 21.0. The Bertz CT molecular complexity index is 1280. The SMILES string of the molecule is CCOc1ccc(NC(=O)CN2C(=O)S/C(=C/c3ccccc3OCCOc3ccccc3)C2=O)cc1. The molecule has 9 heteroatoms. The van der Waals surface area contributed by atoms with Crippen molar-refractivity contribution in [3.05, 3.63) is 89.3 Å². The van der Waals surface area contributed by atoms with Crippen molar-refractivity contribution >= 4 is 40.6 Å². The lowest BCUT2D eigenvalue weighted by Crippen LogP contribution is -2.36. The number of carbonyl (C=O) groups is 3. The van der Waals surface area contributed by atoms with Crippen molar-refractivity contribution in [3.8, 4) is 17.2 Å². The second-order valence-electron chi connectivity index (χ2n) is 7.82. The van der Waals surface area contributed by atoms with Crippen LogP contribution in [0.4, 0.5) is 10.5 Å². The third-order valence-electron chi connectivity index (χ3n) is 5.18. The van der Waals surface area contributed by atoms with Crippen LogP contribution >= 0.6 is 11.8 Å². The fourth-order valence-electron chi connectivity index (χ4n) is 3.48. The number of ether oxygens (including phenoxy) is 3. The average molecular weight is 519 g/mol. The van der Waals surface area contributed by atoms with E-state index in [9.17, 15) is 14.4 Å². The highest BCUT2D eigenvalue weighted by Crippen LogP contribution is 2.34. The van der Waals surface area contributed by atoms with Crippen molar-refractivity contribution in [1.29, 1.82) is 0 Å². The summed E-state index contributed by atoms with van der Waals surface area (Å²) >= 11 is 0.788. The van der Waals surface area contributed by atoms with Crippen LogP contribution in [0.5, 0.6) is 17.2 Å². The molecule has 0 unspecified atom stereocenters. The largest absolute Gasteiger partial charge is 0.494 e. The van der Waals surface area contributed by atoms with E-state index in [0.29, 0.717) is 42.6 Å². The molecule has 1 saturated heterocycles. The topological polar surface area (TPSA) is 94.2 Å². The van der Waals surface area contributed by atoms with E-state index in [-0.39, 0.29) is 11.4 Å². The number of hydrogen-bond donors (Lipinski definition) is 1. The Morgan fingerprint density at radius 3 is 2.30 bits per heavy atom. The molecule has 0 spiro atoms. The lowest BCUT2D eigenvalue weighted by atomic mass is 10.2. The predicted octanol–water partition coefficient (Wildman–Crippen LogP) is 5.22. The summed E-state index contributed by atoms with van der Waals surface area (Å²) in [5, 5.41) is 2.19. The molecule has 1 fully saturated rings. The van der Waals surface area contributed by atoms with Crippen LogP contribution in [0.25, 0.3) is 6.08 Å². The Kier molecular flexibility index (Phi) is 8.83. The molecular formula is C28H26N2O6S. The summed E-state index contributed by atoms with van der Waals surface area (Å²) in [5.74, 6) is 0.984. The van der Waals surface area contributed by atoms with Crippen molar-refractivity contribution in [2.45, 2.75) is 6.92 Å². The number of rotatable bonds is 11. The molecule has 3 amide bonds. The van der Waals surface area contributed by atoms with E-state index in [0.717, 1.165) is 22.4 Å². The van der Waals surface area contributed by atoms with Crippen LogP contribution in [0, 0.1) is 0 Å². The van der Waals surface area contributed by atoms with Gasteiger partial charge in [0, 0.05) is 11.3 Å². The zero-order valence-electron chi connectivity index (χ0n) is 20.2. The van der Waals surface area contributed by atoms with Crippen molar-refractivity contribution in [2.24, 2.45) is 0 Å². The van der Waals surface area contributed by atoms with Gasteiger partial charge in [-0.25, -0.2) is 0 Å². The van der Waals surface area contributed by atoms with Gasteiger partial charge in [-0.3, -0.25) is 19.3 Å². The maximum atomic E-state index is 12.9. The zero-order chi connectivity index (χ0) is 26.0. The van der Waals surface area contributed by atoms with E-state index in [1.54, 1.807) is 42.5 Å². The number of thioether (sulfide) groups is 1. The van der Waals surface area contributed by atoms with Crippen LogP contribution in [0.2, 0.25) is 0 Å². The lowest BCUT2D eigenvalue weighted by Gasteiger charge is -2.13. The van der Waals surface area contributed by atoms with E-state index in [1.165, 1.54) is 0 Å². The number of para-hydroxylation sites is 2. The van der Waals surface area contributed by atoms with Gasteiger partial charge >= 0.3 is 0 Å². The molecule has 8 nitrogen and oxygen atoms in total. The Morgan fingerprint density at radius 1 is 0.865 bits per heavy atom. The average Bonchev–Trinajstić information content (AvgIpc) is 3.16. The van der Waals surface area contributed by atoms with Gasteiger partial charge in [0.2, 0.25) is 5.91 Å². The summed E-state index contributed by atoms with van der Waals surface area (Å²) in [6.45, 7) is 2.68. The second kappa shape index (κ2) is 12.6. The minimum Gasteiger partial charge on any atom is -0.494 e. The molecule has 190 valence electrons. The standard InChI is InChI=1S/C28H26N2O6S/c1-2-34-23-14-12-21(13-15-23)29-26(31)19-30-27(32)25(37-28(30)33)18-20-8-6-7-11-24(20)36-17-16-35-22-9-4-3-5-10-22/h3-15,18H,2,16-17,19H2,1H3,(H,29,31)/b25-18+. The number of carbonyl (C=O) groups excluding carboxylic acids is 3. The first-order valence-electron chi connectivity index (χ1n) is 11.7. The van der Waals surface area contributed by atoms with E-state index in [4.69, 9.17) is 14.2 Å². The molecule has 0 aliphatic carbocycles. The maximum absolute atomic E-state index is 12.9.